The number of imidazole rings is 1. The van der Waals surface area contributed by atoms with Gasteiger partial charge in [-0.15, -0.1) is 0 Å². The number of hydroxylamine groups is 1. The summed E-state index contributed by atoms with van der Waals surface area (Å²) < 4.78 is 41.0. The van der Waals surface area contributed by atoms with Crippen LogP contribution in [0.5, 0.6) is 0 Å². The van der Waals surface area contributed by atoms with Gasteiger partial charge in [0.15, 0.2) is 0 Å². The molecule has 1 aliphatic heterocycles. The number of fused-ring (bicyclic) bond motifs is 1. The number of carbonyl (C=O) groups excluding carboxylic acids is 1. The van der Waals surface area contributed by atoms with E-state index >= 15 is 0 Å². The summed E-state index contributed by atoms with van der Waals surface area (Å²) in [4.78, 5) is 20.0. The highest BCUT2D eigenvalue weighted by molar-refractivity contribution is 6.06. The lowest BCUT2D eigenvalue weighted by atomic mass is 10.1. The van der Waals surface area contributed by atoms with Gasteiger partial charge in [0.05, 0.1) is 16.6 Å². The molecule has 1 atom stereocenters. The molecule has 1 aromatic heterocycles. The zero-order valence-corrected chi connectivity index (χ0v) is 15.9. The maximum Gasteiger partial charge on any atom is 0.417 e. The molecular formula is C21H18F3N4O2+. The molecular weight excluding hydrogens is 397 g/mol. The lowest BCUT2D eigenvalue weighted by molar-refractivity contribution is -0.739. The van der Waals surface area contributed by atoms with Gasteiger partial charge < -0.3 is 10.2 Å². The molecule has 1 aliphatic rings. The van der Waals surface area contributed by atoms with Crippen molar-refractivity contribution in [2.45, 2.75) is 19.5 Å². The monoisotopic (exact) mass is 415 g/mol. The fourth-order valence-electron chi connectivity index (χ4n) is 3.34. The van der Waals surface area contributed by atoms with Crippen molar-refractivity contribution in [2.75, 3.05) is 0 Å². The molecule has 30 heavy (non-hydrogen) atoms. The minimum absolute atomic E-state index is 0.0146. The van der Waals surface area contributed by atoms with E-state index in [1.54, 1.807) is 24.4 Å². The first kappa shape index (κ1) is 19.7. The summed E-state index contributed by atoms with van der Waals surface area (Å²) in [6, 6.07) is 9.88. The number of aromatic nitrogens is 2. The van der Waals surface area contributed by atoms with Crippen LogP contribution in [0.1, 0.15) is 29.3 Å². The van der Waals surface area contributed by atoms with E-state index in [0.29, 0.717) is 11.9 Å². The Morgan fingerprint density at radius 3 is 2.77 bits per heavy atom. The number of nitrogens with zero attached hydrogens (tertiary/aromatic N) is 2. The number of amides is 1. The molecule has 1 amide bonds. The third kappa shape index (κ3) is 3.66. The smallest absolute Gasteiger partial charge is 0.350 e. The lowest BCUT2D eigenvalue weighted by Gasteiger charge is -2.10. The topological polar surface area (TPSA) is 81.0 Å². The average Bonchev–Trinajstić information content (AvgIpc) is 3.14. The fourth-order valence-corrected chi connectivity index (χ4v) is 3.34. The van der Waals surface area contributed by atoms with Crippen LogP contribution in [0.15, 0.2) is 54.4 Å². The third-order valence-corrected chi connectivity index (χ3v) is 4.83. The number of hydrogen-bond donors (Lipinski definition) is 3. The van der Waals surface area contributed by atoms with Gasteiger partial charge in [-0.05, 0) is 24.1 Å². The molecule has 6 nitrogen and oxygen atoms in total. The normalized spacial score (nSPS) is 16.9. The van der Waals surface area contributed by atoms with Crippen molar-refractivity contribution in [3.63, 3.8) is 0 Å². The van der Waals surface area contributed by atoms with Crippen LogP contribution in [0.25, 0.3) is 22.4 Å². The van der Waals surface area contributed by atoms with E-state index in [1.165, 1.54) is 24.3 Å². The summed E-state index contributed by atoms with van der Waals surface area (Å²) in [5.41, 5.74) is -0.0877. The second-order valence-corrected chi connectivity index (χ2v) is 7.08. The van der Waals surface area contributed by atoms with Gasteiger partial charge in [0.2, 0.25) is 0 Å². The highest BCUT2D eigenvalue weighted by Gasteiger charge is 2.34. The summed E-state index contributed by atoms with van der Waals surface area (Å²) in [6.07, 6.45) is -0.650. The number of alkyl halides is 3. The van der Waals surface area contributed by atoms with Gasteiger partial charge in [-0.1, -0.05) is 35.9 Å². The SMILES string of the molecule is CC1C=C(NC(=O)c2cccc3[nH]c(-c4ccccc4C(F)(F)F)nc23)[N+](O)=CC1. The van der Waals surface area contributed by atoms with Crippen molar-refractivity contribution >= 4 is 23.2 Å². The molecule has 4 rings (SSSR count). The molecule has 0 aliphatic carbocycles. The maximum atomic E-state index is 13.4. The second-order valence-electron chi connectivity index (χ2n) is 7.08. The molecule has 3 aromatic rings. The Hall–Kier alpha value is -3.62. The molecule has 0 saturated heterocycles. The Labute approximate surface area is 169 Å². The fraction of sp³-hybridized carbons (Fsp3) is 0.190. The summed E-state index contributed by atoms with van der Waals surface area (Å²) in [5, 5.41) is 12.5. The van der Waals surface area contributed by atoms with Crippen LogP contribution in [0.4, 0.5) is 13.2 Å². The number of nitrogens with one attached hydrogen (secondary N) is 2. The number of halogens is 3. The number of allylic oxidation sites excluding steroid dienone is 1. The average molecular weight is 415 g/mol. The first-order valence-corrected chi connectivity index (χ1v) is 9.24. The molecule has 0 spiro atoms. The minimum atomic E-state index is -4.54. The number of hydrogen-bond acceptors (Lipinski definition) is 3. The molecule has 0 radical (unpaired) electrons. The van der Waals surface area contributed by atoms with Crippen LogP contribution < -0.4 is 5.32 Å². The summed E-state index contributed by atoms with van der Waals surface area (Å²) in [7, 11) is 0. The van der Waals surface area contributed by atoms with Crippen molar-refractivity contribution < 1.29 is 27.9 Å². The van der Waals surface area contributed by atoms with Gasteiger partial charge in [0.25, 0.3) is 0 Å². The molecule has 1 unspecified atom stereocenters. The predicted octanol–water partition coefficient (Wildman–Crippen LogP) is 4.33. The van der Waals surface area contributed by atoms with Crippen LogP contribution in [0.3, 0.4) is 0 Å². The first-order valence-electron chi connectivity index (χ1n) is 9.24. The molecule has 0 fully saturated rings. The molecule has 9 heteroatoms. The first-order chi connectivity index (χ1) is 14.2. The van der Waals surface area contributed by atoms with E-state index in [1.807, 2.05) is 6.92 Å². The van der Waals surface area contributed by atoms with Crippen LogP contribution in [-0.2, 0) is 6.18 Å². The van der Waals surface area contributed by atoms with Gasteiger partial charge >= 0.3 is 17.9 Å². The third-order valence-electron chi connectivity index (χ3n) is 4.83. The van der Waals surface area contributed by atoms with E-state index < -0.39 is 17.6 Å². The van der Waals surface area contributed by atoms with E-state index in [2.05, 4.69) is 15.3 Å². The Morgan fingerprint density at radius 2 is 2.00 bits per heavy atom. The zero-order valence-electron chi connectivity index (χ0n) is 15.9. The molecule has 2 aromatic carbocycles. The molecule has 3 N–H and O–H groups in total. The number of H-pyrrole nitrogens is 1. The molecule has 154 valence electrons. The molecule has 0 saturated carbocycles. The van der Waals surface area contributed by atoms with E-state index in [-0.39, 0.29) is 34.2 Å². The van der Waals surface area contributed by atoms with Crippen LogP contribution in [0, 0.1) is 5.92 Å². The summed E-state index contributed by atoms with van der Waals surface area (Å²) >= 11 is 0. The zero-order chi connectivity index (χ0) is 21.5. The quantitative estimate of drug-likeness (QED) is 0.440. The number of carbonyl (C=O) groups is 1. The standard InChI is InChI=1S/C21H17F3N4O2/c1-12-9-10-28(30)17(11-12)26-20(29)14-6-4-8-16-18(14)27-19(25-16)13-5-2-3-7-15(13)21(22,23)24/h2-8,10-12H,9H2,1H3,(H2-,25,26,27,29,30)/p+1. The largest absolute Gasteiger partial charge is 0.417 e. The van der Waals surface area contributed by atoms with E-state index in [4.69, 9.17) is 0 Å². The lowest BCUT2D eigenvalue weighted by Crippen LogP contribution is -2.31. The van der Waals surface area contributed by atoms with Gasteiger partial charge in [-0.25, -0.2) is 15.1 Å². The van der Waals surface area contributed by atoms with Crippen molar-refractivity contribution in [3.8, 4) is 11.4 Å². The Balaban J connectivity index is 1.74. The Morgan fingerprint density at radius 1 is 1.23 bits per heavy atom. The second kappa shape index (κ2) is 7.33. The van der Waals surface area contributed by atoms with Crippen molar-refractivity contribution in [1.82, 2.24) is 15.3 Å². The van der Waals surface area contributed by atoms with E-state index in [0.717, 1.165) is 10.8 Å². The maximum absolute atomic E-state index is 13.4. The van der Waals surface area contributed by atoms with Gasteiger partial charge in [-0.2, -0.15) is 13.2 Å². The number of rotatable bonds is 3. The number of benzene rings is 2. The number of aromatic amines is 1. The van der Waals surface area contributed by atoms with Crippen LogP contribution in [-0.4, -0.2) is 32.0 Å². The van der Waals surface area contributed by atoms with Gasteiger partial charge in [0.1, 0.15) is 17.6 Å². The summed E-state index contributed by atoms with van der Waals surface area (Å²) in [6.45, 7) is 1.94. The molecule has 2 heterocycles. The van der Waals surface area contributed by atoms with Crippen LogP contribution in [0.2, 0.25) is 0 Å². The highest BCUT2D eigenvalue weighted by Crippen LogP contribution is 2.36. The van der Waals surface area contributed by atoms with Crippen molar-refractivity contribution in [3.05, 3.63) is 65.5 Å². The molecule has 0 bridgehead atoms. The summed E-state index contributed by atoms with van der Waals surface area (Å²) in [5.74, 6) is -0.166. The van der Waals surface area contributed by atoms with Gasteiger partial charge in [-0.3, -0.25) is 0 Å². The highest BCUT2D eigenvalue weighted by atomic mass is 19.4. The Kier molecular flexibility index (Phi) is 4.81. The predicted molar refractivity (Wildman–Crippen MR) is 104 cm³/mol. The van der Waals surface area contributed by atoms with Crippen molar-refractivity contribution in [2.24, 2.45) is 5.92 Å². The van der Waals surface area contributed by atoms with E-state index in [9.17, 15) is 23.2 Å². The van der Waals surface area contributed by atoms with Gasteiger partial charge in [0, 0.05) is 18.1 Å². The Bertz CT molecular complexity index is 1190. The van der Waals surface area contributed by atoms with Crippen molar-refractivity contribution in [1.29, 1.82) is 0 Å². The van der Waals surface area contributed by atoms with Crippen LogP contribution >= 0.6 is 0 Å². The number of para-hydroxylation sites is 1. The minimum Gasteiger partial charge on any atom is -0.350 e.